The number of hydrogen-bond donors (Lipinski definition) is 0. The van der Waals surface area contributed by atoms with E-state index < -0.39 is 7.59 Å². The van der Waals surface area contributed by atoms with Gasteiger partial charge in [0, 0.05) is 0 Å². The molecule has 0 atom stereocenters. The summed E-state index contributed by atoms with van der Waals surface area (Å²) in [5.41, 5.74) is 0.0812. The van der Waals surface area contributed by atoms with Crippen LogP contribution in [0.4, 0.5) is 0 Å². The largest absolute Gasteiger partial charge is 0.234 e. The predicted octanol–water partition coefficient (Wildman–Crippen LogP) is 3.53. The van der Waals surface area contributed by atoms with Crippen molar-refractivity contribution < 1.29 is 0 Å². The molecule has 0 bridgehead atoms. The van der Waals surface area contributed by atoms with Crippen molar-refractivity contribution in [3.8, 4) is 0 Å². The fraction of sp³-hybridized carbons (Fsp3) is 0.400. The van der Waals surface area contributed by atoms with Gasteiger partial charge in [-0.2, -0.15) is 0 Å². The fourth-order valence-corrected chi connectivity index (χ4v) is 1.14. The topological polar surface area (TPSA) is 38.7 Å². The second-order valence-corrected chi connectivity index (χ2v) is 6.76. The summed E-state index contributed by atoms with van der Waals surface area (Å²) >= 11 is 33.3. The molecule has 0 aliphatic heterocycles. The molecule has 1 aromatic heterocycles. The number of alkyl halides is 6. The van der Waals surface area contributed by atoms with Gasteiger partial charge in [-0.05, 0) is 11.3 Å². The van der Waals surface area contributed by atoms with E-state index in [4.69, 9.17) is 69.6 Å². The fourth-order valence-electron chi connectivity index (χ4n) is 0.583. The minimum atomic E-state index is -1.72. The maximum Gasteiger partial charge on any atom is 0.234 e. The number of hydrogen-bond acceptors (Lipinski definition) is 3. The molecule has 0 aliphatic rings. The van der Waals surface area contributed by atoms with E-state index in [2.05, 4.69) is 15.4 Å². The van der Waals surface area contributed by atoms with Crippen LogP contribution in [0.3, 0.4) is 0 Å². The molecule has 0 unspecified atom stereocenters. The molecule has 9 heteroatoms. The van der Waals surface area contributed by atoms with Crippen molar-refractivity contribution in [2.24, 2.45) is 0 Å². The Morgan fingerprint density at radius 2 is 1.14 bits per heavy atom. The SMILES string of the molecule is ClC(Cl)(Cl)c1cc(C(Cl)(Cl)Cl)nnn1. The van der Waals surface area contributed by atoms with Gasteiger partial charge in [0.25, 0.3) is 0 Å². The van der Waals surface area contributed by atoms with Crippen molar-refractivity contribution in [3.05, 3.63) is 17.5 Å². The zero-order chi connectivity index (χ0) is 11.0. The first kappa shape index (κ1) is 12.8. The Kier molecular flexibility index (Phi) is 3.95. The number of nitrogens with zero attached hydrogens (tertiary/aromatic N) is 3. The zero-order valence-corrected chi connectivity index (χ0v) is 10.7. The van der Waals surface area contributed by atoms with Crippen LogP contribution in [0.25, 0.3) is 0 Å². The van der Waals surface area contributed by atoms with Crippen LogP contribution in [0.2, 0.25) is 0 Å². The maximum atomic E-state index is 5.55. The molecule has 0 aliphatic carbocycles. The van der Waals surface area contributed by atoms with Gasteiger partial charge in [-0.3, -0.25) is 0 Å². The molecule has 0 N–H and O–H groups in total. The predicted molar refractivity (Wildman–Crippen MR) is 58.3 cm³/mol. The Morgan fingerprint density at radius 1 is 0.786 bits per heavy atom. The Bertz CT molecular complexity index is 300. The van der Waals surface area contributed by atoms with Crippen LogP contribution in [0.5, 0.6) is 0 Å². The third-order valence-corrected chi connectivity index (χ3v) is 2.32. The van der Waals surface area contributed by atoms with Crippen LogP contribution in [0.15, 0.2) is 6.07 Å². The number of aromatic nitrogens is 3. The van der Waals surface area contributed by atoms with Crippen molar-refractivity contribution in [1.82, 2.24) is 15.4 Å². The first-order valence-corrected chi connectivity index (χ1v) is 5.33. The van der Waals surface area contributed by atoms with Gasteiger partial charge in [0.1, 0.15) is 11.4 Å². The summed E-state index contributed by atoms with van der Waals surface area (Å²) in [6, 6.07) is 1.26. The number of halogens is 6. The first-order chi connectivity index (χ1) is 6.21. The van der Waals surface area contributed by atoms with E-state index in [1.54, 1.807) is 0 Å². The molecule has 3 nitrogen and oxygen atoms in total. The summed E-state index contributed by atoms with van der Waals surface area (Å²) in [5, 5.41) is 10.3. The molecule has 78 valence electrons. The molecule has 0 saturated heterocycles. The highest BCUT2D eigenvalue weighted by atomic mass is 35.6. The molecule has 14 heavy (non-hydrogen) atoms. The van der Waals surface area contributed by atoms with E-state index in [1.807, 2.05) is 0 Å². The van der Waals surface area contributed by atoms with Gasteiger partial charge in [-0.15, -0.1) is 10.2 Å². The van der Waals surface area contributed by atoms with Gasteiger partial charge in [0.05, 0.1) is 0 Å². The summed E-state index contributed by atoms with van der Waals surface area (Å²) in [5.74, 6) is 0. The van der Waals surface area contributed by atoms with Gasteiger partial charge < -0.3 is 0 Å². The van der Waals surface area contributed by atoms with E-state index >= 15 is 0 Å². The molecular weight excluding hydrogens is 315 g/mol. The summed E-state index contributed by atoms with van der Waals surface area (Å²) in [4.78, 5) is 0. The lowest BCUT2D eigenvalue weighted by Crippen LogP contribution is -2.12. The Balaban J connectivity index is 3.15. The van der Waals surface area contributed by atoms with Crippen LogP contribution in [-0.4, -0.2) is 15.4 Å². The van der Waals surface area contributed by atoms with Crippen LogP contribution in [-0.2, 0) is 7.59 Å². The van der Waals surface area contributed by atoms with Crippen LogP contribution < -0.4 is 0 Å². The minimum Gasteiger partial charge on any atom is -0.131 e. The average Bonchev–Trinajstić information content (AvgIpc) is 2.01. The maximum absolute atomic E-state index is 5.55. The Labute approximate surface area is 110 Å². The Morgan fingerprint density at radius 3 is 1.43 bits per heavy atom. The van der Waals surface area contributed by atoms with Gasteiger partial charge in [-0.1, -0.05) is 69.6 Å². The smallest absolute Gasteiger partial charge is 0.131 e. The molecule has 0 spiro atoms. The molecule has 0 radical (unpaired) electrons. The third-order valence-electron chi connectivity index (χ3n) is 1.16. The first-order valence-electron chi connectivity index (χ1n) is 3.06. The van der Waals surface area contributed by atoms with Gasteiger partial charge >= 0.3 is 0 Å². The van der Waals surface area contributed by atoms with Gasteiger partial charge in [-0.25, -0.2) is 0 Å². The summed E-state index contributed by atoms with van der Waals surface area (Å²) in [6.07, 6.45) is 0. The molecule has 1 heterocycles. The molecule has 0 aromatic carbocycles. The van der Waals surface area contributed by atoms with E-state index in [0.29, 0.717) is 0 Å². The highest BCUT2D eigenvalue weighted by Crippen LogP contribution is 2.40. The van der Waals surface area contributed by atoms with E-state index in [0.717, 1.165) is 0 Å². The summed E-state index contributed by atoms with van der Waals surface area (Å²) in [6.45, 7) is 0. The second-order valence-electron chi connectivity index (χ2n) is 2.20. The summed E-state index contributed by atoms with van der Waals surface area (Å²) in [7, 11) is 0. The lowest BCUT2D eigenvalue weighted by Gasteiger charge is -2.12. The van der Waals surface area contributed by atoms with Gasteiger partial charge in [0.15, 0.2) is 0 Å². The monoisotopic (exact) mass is 313 g/mol. The van der Waals surface area contributed by atoms with Crippen molar-refractivity contribution in [2.75, 3.05) is 0 Å². The van der Waals surface area contributed by atoms with Crippen LogP contribution in [0, 0.1) is 0 Å². The van der Waals surface area contributed by atoms with Crippen molar-refractivity contribution in [2.45, 2.75) is 7.59 Å². The van der Waals surface area contributed by atoms with Crippen LogP contribution >= 0.6 is 69.6 Å². The molecule has 0 saturated carbocycles. The lowest BCUT2D eigenvalue weighted by molar-refractivity contribution is 0.782. The molecular formula is C5HCl6N3. The molecule has 1 rings (SSSR count). The van der Waals surface area contributed by atoms with Crippen molar-refractivity contribution in [3.63, 3.8) is 0 Å². The quantitative estimate of drug-likeness (QED) is 0.688. The summed E-state index contributed by atoms with van der Waals surface area (Å²) < 4.78 is -3.44. The van der Waals surface area contributed by atoms with E-state index in [1.165, 1.54) is 6.07 Å². The zero-order valence-electron chi connectivity index (χ0n) is 6.19. The minimum absolute atomic E-state index is 0.0406. The van der Waals surface area contributed by atoms with Gasteiger partial charge in [0.2, 0.25) is 7.59 Å². The van der Waals surface area contributed by atoms with Crippen molar-refractivity contribution >= 4 is 69.6 Å². The lowest BCUT2D eigenvalue weighted by atomic mass is 10.4. The van der Waals surface area contributed by atoms with Crippen molar-refractivity contribution in [1.29, 1.82) is 0 Å². The normalized spacial score (nSPS) is 13.0. The number of rotatable bonds is 0. The highest BCUT2D eigenvalue weighted by Gasteiger charge is 2.31. The van der Waals surface area contributed by atoms with E-state index in [-0.39, 0.29) is 11.4 Å². The average molecular weight is 316 g/mol. The Hall–Kier alpha value is 0.750. The van der Waals surface area contributed by atoms with E-state index in [9.17, 15) is 0 Å². The molecule has 1 aromatic rings. The third kappa shape index (κ3) is 3.40. The highest BCUT2D eigenvalue weighted by molar-refractivity contribution is 6.67. The standard InChI is InChI=1S/C5HCl6N3/c6-4(7,8)2-1-3(5(9,10)11)13-14-12-2/h1H. The van der Waals surface area contributed by atoms with Crippen LogP contribution in [0.1, 0.15) is 11.4 Å². The second kappa shape index (κ2) is 4.32. The molecule has 0 amide bonds. The molecule has 0 fully saturated rings.